The first-order valence-electron chi connectivity index (χ1n) is 9.94. The van der Waals surface area contributed by atoms with Crippen molar-refractivity contribution < 1.29 is 9.53 Å². The Labute approximate surface area is 167 Å². The van der Waals surface area contributed by atoms with Gasteiger partial charge in [-0.05, 0) is 50.7 Å². The van der Waals surface area contributed by atoms with Crippen molar-refractivity contribution in [1.29, 1.82) is 0 Å². The molecule has 0 radical (unpaired) electrons. The predicted octanol–water partition coefficient (Wildman–Crippen LogP) is 2.03. The molecule has 0 bridgehead atoms. The maximum absolute atomic E-state index is 12.9. The number of aromatic nitrogens is 2. The Bertz CT molecular complexity index is 752. The monoisotopic (exact) mass is 385 g/mol. The molecular weight excluding hydrogens is 354 g/mol. The van der Waals surface area contributed by atoms with Gasteiger partial charge in [0.05, 0.1) is 19.3 Å². The molecule has 2 aromatic rings. The Balaban J connectivity index is 1.71. The summed E-state index contributed by atoms with van der Waals surface area (Å²) in [6.07, 6.45) is 7.28. The van der Waals surface area contributed by atoms with Crippen molar-refractivity contribution in [2.45, 2.75) is 31.3 Å². The van der Waals surface area contributed by atoms with E-state index < -0.39 is 6.04 Å². The summed E-state index contributed by atoms with van der Waals surface area (Å²) in [4.78, 5) is 15.3. The van der Waals surface area contributed by atoms with Crippen LogP contribution >= 0.6 is 0 Å². The summed E-state index contributed by atoms with van der Waals surface area (Å²) >= 11 is 0. The number of carbonyl (C=O) groups is 1. The molecule has 1 saturated heterocycles. The van der Waals surface area contributed by atoms with E-state index in [0.29, 0.717) is 6.54 Å². The predicted molar refractivity (Wildman–Crippen MR) is 109 cm³/mol. The minimum Gasteiger partial charge on any atom is -0.497 e. The first kappa shape index (κ1) is 20.4. The number of methoxy groups -OCH3 is 1. The molecule has 3 rings (SSSR count). The van der Waals surface area contributed by atoms with E-state index >= 15 is 0 Å². The third kappa shape index (κ3) is 4.91. The highest BCUT2D eigenvalue weighted by molar-refractivity contribution is 5.83. The van der Waals surface area contributed by atoms with Crippen molar-refractivity contribution in [3.63, 3.8) is 0 Å². The van der Waals surface area contributed by atoms with Crippen molar-refractivity contribution >= 4 is 5.91 Å². The molecule has 1 aromatic heterocycles. The molecule has 1 fully saturated rings. The molecule has 1 aliphatic heterocycles. The average molecular weight is 386 g/mol. The second kappa shape index (κ2) is 9.71. The molecule has 2 heterocycles. The van der Waals surface area contributed by atoms with E-state index in [2.05, 4.69) is 32.8 Å². The fourth-order valence-corrected chi connectivity index (χ4v) is 3.85. The largest absolute Gasteiger partial charge is 0.497 e. The van der Waals surface area contributed by atoms with Gasteiger partial charge in [0.1, 0.15) is 11.8 Å². The lowest BCUT2D eigenvalue weighted by Crippen LogP contribution is -2.43. The normalized spacial score (nSPS) is 17.1. The average Bonchev–Trinajstić information content (AvgIpc) is 3.16. The summed E-state index contributed by atoms with van der Waals surface area (Å²) in [5.74, 6) is 0.808. The number of likely N-dealkylation sites (N-methyl/N-ethyl adjacent to an activating group) is 1. The van der Waals surface area contributed by atoms with Gasteiger partial charge in [0, 0.05) is 25.4 Å². The number of nitrogens with zero attached hydrogens (tertiary/aromatic N) is 3. The van der Waals surface area contributed by atoms with Crippen LogP contribution in [0.1, 0.15) is 42.5 Å². The molecule has 7 nitrogen and oxygen atoms in total. The number of hydrogen-bond acceptors (Lipinski definition) is 5. The summed E-state index contributed by atoms with van der Waals surface area (Å²) < 4.78 is 7.00. The number of nitrogens with one attached hydrogen (secondary N) is 2. The zero-order valence-corrected chi connectivity index (χ0v) is 17.0. The minimum absolute atomic E-state index is 0.0361. The SMILES string of the molecule is CNC(C(=O)NCC(c1ccc(OC)cc1)N1CCCCC1)c1cnn(C)c1. The highest BCUT2D eigenvalue weighted by Gasteiger charge is 2.25. The summed E-state index contributed by atoms with van der Waals surface area (Å²) in [5, 5.41) is 10.4. The second-order valence-electron chi connectivity index (χ2n) is 7.30. The van der Waals surface area contributed by atoms with E-state index in [1.54, 1.807) is 25.0 Å². The molecule has 1 aromatic carbocycles. The van der Waals surface area contributed by atoms with Crippen LogP contribution in [0.25, 0.3) is 0 Å². The lowest BCUT2D eigenvalue weighted by atomic mass is 10.0. The molecule has 1 aliphatic rings. The van der Waals surface area contributed by atoms with Gasteiger partial charge in [-0.25, -0.2) is 0 Å². The molecule has 2 atom stereocenters. The van der Waals surface area contributed by atoms with Crippen LogP contribution in [0, 0.1) is 0 Å². The zero-order valence-electron chi connectivity index (χ0n) is 17.0. The van der Waals surface area contributed by atoms with Crippen LogP contribution < -0.4 is 15.4 Å². The van der Waals surface area contributed by atoms with Crippen molar-refractivity contribution in [3.05, 3.63) is 47.8 Å². The van der Waals surface area contributed by atoms with Crippen LogP contribution in [0.2, 0.25) is 0 Å². The van der Waals surface area contributed by atoms with Crippen LogP contribution in [0.3, 0.4) is 0 Å². The first-order chi connectivity index (χ1) is 13.6. The van der Waals surface area contributed by atoms with E-state index in [1.165, 1.54) is 24.8 Å². The molecule has 0 spiro atoms. The van der Waals surface area contributed by atoms with Crippen molar-refractivity contribution in [3.8, 4) is 5.75 Å². The number of amides is 1. The molecule has 0 saturated carbocycles. The molecule has 152 valence electrons. The summed E-state index contributed by atoms with van der Waals surface area (Å²) in [7, 11) is 5.32. The van der Waals surface area contributed by atoms with Gasteiger partial charge in [-0.2, -0.15) is 5.10 Å². The second-order valence-corrected chi connectivity index (χ2v) is 7.30. The fraction of sp³-hybridized carbons (Fsp3) is 0.524. The number of rotatable bonds is 8. The highest BCUT2D eigenvalue weighted by atomic mass is 16.5. The van der Waals surface area contributed by atoms with Gasteiger partial charge in [-0.15, -0.1) is 0 Å². The van der Waals surface area contributed by atoms with Crippen LogP contribution in [0.4, 0.5) is 0 Å². The molecular formula is C21H31N5O2. The fourth-order valence-electron chi connectivity index (χ4n) is 3.85. The van der Waals surface area contributed by atoms with Gasteiger partial charge in [0.25, 0.3) is 0 Å². The van der Waals surface area contributed by atoms with Crippen LogP contribution in [-0.4, -0.2) is 54.4 Å². The van der Waals surface area contributed by atoms with E-state index in [1.807, 2.05) is 25.4 Å². The Morgan fingerprint density at radius 1 is 1.18 bits per heavy atom. The topological polar surface area (TPSA) is 71.4 Å². The van der Waals surface area contributed by atoms with Crippen molar-refractivity contribution in [2.24, 2.45) is 7.05 Å². The Hall–Kier alpha value is -2.38. The standard InChI is InChI=1S/C21H31N5O2/c1-22-20(17-13-24-25(2)15-17)21(27)23-14-19(26-11-5-4-6-12-26)16-7-9-18(28-3)10-8-16/h7-10,13,15,19-20,22H,4-6,11-12,14H2,1-3H3,(H,23,27). The van der Waals surface area contributed by atoms with Gasteiger partial charge in [-0.3, -0.25) is 14.4 Å². The maximum Gasteiger partial charge on any atom is 0.241 e. The number of ether oxygens (including phenoxy) is 1. The van der Waals surface area contributed by atoms with Crippen molar-refractivity contribution in [1.82, 2.24) is 25.3 Å². The zero-order chi connectivity index (χ0) is 19.9. The number of aryl methyl sites for hydroxylation is 1. The maximum atomic E-state index is 12.9. The molecule has 1 amide bonds. The molecule has 28 heavy (non-hydrogen) atoms. The van der Waals surface area contributed by atoms with Crippen LogP contribution in [-0.2, 0) is 11.8 Å². The summed E-state index contributed by atoms with van der Waals surface area (Å²) in [6, 6.07) is 7.91. The van der Waals surface area contributed by atoms with E-state index in [-0.39, 0.29) is 11.9 Å². The smallest absolute Gasteiger partial charge is 0.241 e. The van der Waals surface area contributed by atoms with Crippen molar-refractivity contribution in [2.75, 3.05) is 33.8 Å². The van der Waals surface area contributed by atoms with Crippen LogP contribution in [0.15, 0.2) is 36.7 Å². The van der Waals surface area contributed by atoms with E-state index in [9.17, 15) is 4.79 Å². The number of carbonyl (C=O) groups excluding carboxylic acids is 1. The molecule has 7 heteroatoms. The van der Waals surface area contributed by atoms with E-state index in [4.69, 9.17) is 4.74 Å². The quantitative estimate of drug-likeness (QED) is 0.728. The summed E-state index contributed by atoms with van der Waals surface area (Å²) in [5.41, 5.74) is 2.06. The number of benzene rings is 1. The Morgan fingerprint density at radius 2 is 1.89 bits per heavy atom. The number of likely N-dealkylation sites (tertiary alicyclic amines) is 1. The third-order valence-corrected chi connectivity index (χ3v) is 5.41. The van der Waals surface area contributed by atoms with Gasteiger partial charge >= 0.3 is 0 Å². The highest BCUT2D eigenvalue weighted by Crippen LogP contribution is 2.26. The molecule has 0 aliphatic carbocycles. The van der Waals surface area contributed by atoms with Gasteiger partial charge < -0.3 is 15.4 Å². The number of piperidine rings is 1. The third-order valence-electron chi connectivity index (χ3n) is 5.41. The first-order valence-corrected chi connectivity index (χ1v) is 9.94. The van der Waals surface area contributed by atoms with Crippen LogP contribution in [0.5, 0.6) is 5.75 Å². The lowest BCUT2D eigenvalue weighted by molar-refractivity contribution is -0.123. The lowest BCUT2D eigenvalue weighted by Gasteiger charge is -2.35. The minimum atomic E-state index is -0.411. The molecule has 2 unspecified atom stereocenters. The Morgan fingerprint density at radius 3 is 2.46 bits per heavy atom. The van der Waals surface area contributed by atoms with Gasteiger partial charge in [-0.1, -0.05) is 18.6 Å². The Kier molecular flexibility index (Phi) is 7.06. The molecule has 2 N–H and O–H groups in total. The summed E-state index contributed by atoms with van der Waals surface area (Å²) in [6.45, 7) is 2.69. The van der Waals surface area contributed by atoms with E-state index in [0.717, 1.165) is 24.4 Å². The van der Waals surface area contributed by atoms with Gasteiger partial charge in [0.15, 0.2) is 0 Å². The number of hydrogen-bond donors (Lipinski definition) is 2. The van der Waals surface area contributed by atoms with Gasteiger partial charge in [0.2, 0.25) is 5.91 Å².